The first kappa shape index (κ1) is 21.4. The van der Waals surface area contributed by atoms with Crippen molar-refractivity contribution < 1.29 is 4.79 Å². The third-order valence-electron chi connectivity index (χ3n) is 7.86. The van der Waals surface area contributed by atoms with E-state index in [2.05, 4.69) is 15.0 Å². The van der Waals surface area contributed by atoms with Crippen molar-refractivity contribution in [2.75, 3.05) is 5.73 Å². The van der Waals surface area contributed by atoms with Crippen molar-refractivity contribution in [3.8, 4) is 5.69 Å². The molecule has 1 unspecified atom stereocenters. The molecule has 2 N–H and O–H groups in total. The molecule has 1 amide bonds. The summed E-state index contributed by atoms with van der Waals surface area (Å²) in [5.41, 5.74) is 10.8. The normalized spacial score (nSPS) is 20.6. The van der Waals surface area contributed by atoms with E-state index in [-0.39, 0.29) is 11.9 Å². The summed E-state index contributed by atoms with van der Waals surface area (Å²) in [5, 5.41) is 0.641. The van der Waals surface area contributed by atoms with Gasteiger partial charge in [-0.1, -0.05) is 17.7 Å². The fourth-order valence-electron chi connectivity index (χ4n) is 5.94. The molecule has 1 atom stereocenters. The van der Waals surface area contributed by atoms with Gasteiger partial charge in [-0.15, -0.1) is 0 Å². The van der Waals surface area contributed by atoms with E-state index >= 15 is 0 Å². The Morgan fingerprint density at radius 3 is 2.72 bits per heavy atom. The highest BCUT2D eigenvalue weighted by Crippen LogP contribution is 2.51. The molecule has 0 radical (unpaired) electrons. The van der Waals surface area contributed by atoms with E-state index in [4.69, 9.17) is 17.3 Å². The molecule has 8 nitrogen and oxygen atoms in total. The molecule has 3 aliphatic carbocycles. The first-order chi connectivity index (χ1) is 17.5. The number of halogens is 1. The van der Waals surface area contributed by atoms with Crippen molar-refractivity contribution in [1.82, 2.24) is 28.8 Å². The highest BCUT2D eigenvalue weighted by Gasteiger charge is 2.48. The summed E-state index contributed by atoms with van der Waals surface area (Å²) in [6.45, 7) is 0.467. The van der Waals surface area contributed by atoms with Crippen molar-refractivity contribution in [2.24, 2.45) is 11.8 Å². The van der Waals surface area contributed by atoms with Gasteiger partial charge >= 0.3 is 0 Å². The Labute approximate surface area is 212 Å². The number of benzene rings is 2. The van der Waals surface area contributed by atoms with Gasteiger partial charge in [-0.3, -0.25) is 9.20 Å². The van der Waals surface area contributed by atoms with Gasteiger partial charge in [0.1, 0.15) is 11.3 Å². The summed E-state index contributed by atoms with van der Waals surface area (Å²) in [5.74, 6) is 1.71. The molecule has 8 rings (SSSR count). The molecule has 0 aliphatic heterocycles. The average Bonchev–Trinajstić information content (AvgIpc) is 3.66. The maximum absolute atomic E-state index is 14.1. The number of carbonyl (C=O) groups excluding carboxylic acids is 1. The second-order valence-corrected chi connectivity index (χ2v) is 10.3. The molecule has 180 valence electrons. The zero-order valence-electron chi connectivity index (χ0n) is 19.5. The van der Waals surface area contributed by atoms with Crippen LogP contribution >= 0.6 is 11.6 Å². The maximum atomic E-state index is 14.1. The molecule has 3 aliphatic rings. The Hall–Kier alpha value is -3.91. The Bertz CT molecular complexity index is 1620. The minimum atomic E-state index is 0.00860. The van der Waals surface area contributed by atoms with E-state index < -0.39 is 0 Å². The monoisotopic (exact) mass is 497 g/mol. The minimum Gasteiger partial charge on any atom is -0.382 e. The lowest BCUT2D eigenvalue weighted by Gasteiger charge is -2.33. The Morgan fingerprint density at radius 1 is 1.08 bits per heavy atom. The first-order valence-corrected chi connectivity index (χ1v) is 12.5. The summed E-state index contributed by atoms with van der Waals surface area (Å²) >= 11 is 6.74. The molecule has 3 aromatic heterocycles. The van der Waals surface area contributed by atoms with Gasteiger partial charge < -0.3 is 15.2 Å². The largest absolute Gasteiger partial charge is 0.382 e. The lowest BCUT2D eigenvalue weighted by Crippen LogP contribution is -2.41. The fraction of sp³-hybridized carbons (Fsp3) is 0.259. The number of hydrogen-bond donors (Lipinski definition) is 1. The van der Waals surface area contributed by atoms with Crippen LogP contribution in [0.5, 0.6) is 0 Å². The van der Waals surface area contributed by atoms with E-state index in [0.717, 1.165) is 40.1 Å². The Kier molecular flexibility index (Phi) is 4.79. The van der Waals surface area contributed by atoms with Crippen molar-refractivity contribution in [3.63, 3.8) is 0 Å². The van der Waals surface area contributed by atoms with Crippen LogP contribution in [0.25, 0.3) is 22.2 Å². The molecular formula is C27H24ClN7O. The SMILES string of the molecule is Nc1nc2ccc(C(=O)N(Cc3ccc(-n4ccnc4)cc3Cl)C3CC4CC3C4)cc2n2cncc12. The molecule has 36 heavy (non-hydrogen) atoms. The van der Waals surface area contributed by atoms with Crippen LogP contribution in [0.15, 0.2) is 67.6 Å². The summed E-state index contributed by atoms with van der Waals surface area (Å²) in [4.78, 5) is 28.9. The number of imidazole rings is 2. The Morgan fingerprint density at radius 2 is 1.97 bits per heavy atom. The molecule has 0 spiro atoms. The molecule has 2 aromatic carbocycles. The van der Waals surface area contributed by atoms with Crippen LogP contribution in [0.4, 0.5) is 5.82 Å². The molecule has 9 heteroatoms. The molecule has 2 bridgehead atoms. The zero-order valence-corrected chi connectivity index (χ0v) is 20.2. The number of anilines is 1. The van der Waals surface area contributed by atoms with Gasteiger partial charge in [0.25, 0.3) is 5.91 Å². The third-order valence-corrected chi connectivity index (χ3v) is 8.21. The van der Waals surface area contributed by atoms with Crippen LogP contribution in [0, 0.1) is 11.8 Å². The standard InChI is InChI=1S/C27H24ClN7O/c28-21-11-20(33-6-5-30-14-33)3-1-18(21)13-34(23-9-16-7-19(23)8-16)27(36)17-2-4-22-24(10-17)35-15-31-12-25(35)26(29)32-22/h1-6,10-12,14-16,19,23H,7-9,13H2,(H2,29,32). The van der Waals surface area contributed by atoms with E-state index in [1.54, 1.807) is 25.0 Å². The van der Waals surface area contributed by atoms with Crippen LogP contribution < -0.4 is 5.73 Å². The van der Waals surface area contributed by atoms with Crippen molar-refractivity contribution >= 4 is 39.9 Å². The predicted molar refractivity (Wildman–Crippen MR) is 138 cm³/mol. The highest BCUT2D eigenvalue weighted by atomic mass is 35.5. The van der Waals surface area contributed by atoms with Gasteiger partial charge in [-0.05, 0) is 67.0 Å². The minimum absolute atomic E-state index is 0.00860. The second kappa shape index (κ2) is 8.06. The molecule has 0 saturated heterocycles. The fourth-order valence-corrected chi connectivity index (χ4v) is 6.18. The van der Waals surface area contributed by atoms with Gasteiger partial charge in [-0.25, -0.2) is 15.0 Å². The van der Waals surface area contributed by atoms with Crippen molar-refractivity contribution in [2.45, 2.75) is 31.8 Å². The number of nitrogen functional groups attached to an aromatic ring is 1. The quantitative estimate of drug-likeness (QED) is 0.378. The van der Waals surface area contributed by atoms with E-state index in [1.165, 1.54) is 12.8 Å². The summed E-state index contributed by atoms with van der Waals surface area (Å²) in [7, 11) is 0. The molecule has 3 saturated carbocycles. The number of hydrogen-bond acceptors (Lipinski definition) is 5. The van der Waals surface area contributed by atoms with E-state index in [0.29, 0.717) is 28.9 Å². The Balaban J connectivity index is 1.26. The van der Waals surface area contributed by atoms with Crippen molar-refractivity contribution in [1.29, 1.82) is 0 Å². The molecule has 3 heterocycles. The van der Waals surface area contributed by atoms with Crippen LogP contribution in [0.1, 0.15) is 35.2 Å². The predicted octanol–water partition coefficient (Wildman–Crippen LogP) is 4.74. The number of fused-ring (bicyclic) bond motifs is 4. The maximum Gasteiger partial charge on any atom is 0.254 e. The van der Waals surface area contributed by atoms with Gasteiger partial charge in [0.05, 0.1) is 29.9 Å². The van der Waals surface area contributed by atoms with Crippen LogP contribution in [-0.2, 0) is 6.54 Å². The average molecular weight is 498 g/mol. The van der Waals surface area contributed by atoms with Gasteiger partial charge in [0, 0.05) is 41.3 Å². The summed E-state index contributed by atoms with van der Waals surface area (Å²) in [6, 6.07) is 11.8. The zero-order chi connectivity index (χ0) is 24.4. The number of amides is 1. The smallest absolute Gasteiger partial charge is 0.254 e. The van der Waals surface area contributed by atoms with Gasteiger partial charge in [0.2, 0.25) is 0 Å². The number of carbonyl (C=O) groups is 1. The van der Waals surface area contributed by atoms with Gasteiger partial charge in [-0.2, -0.15) is 0 Å². The summed E-state index contributed by atoms with van der Waals surface area (Å²) in [6.07, 6.45) is 12.2. The molecule has 5 aromatic rings. The lowest BCUT2D eigenvalue weighted by atomic mass is 9.83. The van der Waals surface area contributed by atoms with E-state index in [1.807, 2.05) is 56.5 Å². The van der Waals surface area contributed by atoms with E-state index in [9.17, 15) is 4.79 Å². The van der Waals surface area contributed by atoms with Crippen LogP contribution in [0.3, 0.4) is 0 Å². The first-order valence-electron chi connectivity index (χ1n) is 12.1. The van der Waals surface area contributed by atoms with Gasteiger partial charge in [0.15, 0.2) is 0 Å². The molecular weight excluding hydrogens is 474 g/mol. The number of nitrogens with zero attached hydrogens (tertiary/aromatic N) is 6. The lowest BCUT2D eigenvalue weighted by molar-refractivity contribution is 0.0621. The third kappa shape index (κ3) is 3.36. The van der Waals surface area contributed by atoms with Crippen LogP contribution in [0.2, 0.25) is 5.02 Å². The number of nitrogens with two attached hydrogens (primary N) is 1. The highest BCUT2D eigenvalue weighted by molar-refractivity contribution is 6.31. The topological polar surface area (TPSA) is 94.3 Å². The van der Waals surface area contributed by atoms with Crippen molar-refractivity contribution in [3.05, 3.63) is 83.8 Å². The second-order valence-electron chi connectivity index (χ2n) is 9.93. The molecule has 3 fully saturated rings. The number of rotatable bonds is 5. The summed E-state index contributed by atoms with van der Waals surface area (Å²) < 4.78 is 3.80. The number of aromatic nitrogens is 5. The van der Waals surface area contributed by atoms with Crippen LogP contribution in [-0.4, -0.2) is 40.8 Å².